The number of hydrogen-bond donors (Lipinski definition) is 1. The SMILES string of the molecule is CCC(N)Cc1ccc(N(CC)C2CCCCC2)cc1. The molecule has 0 radical (unpaired) electrons. The van der Waals surface area contributed by atoms with Gasteiger partial charge in [-0.15, -0.1) is 0 Å². The summed E-state index contributed by atoms with van der Waals surface area (Å²) in [5.41, 5.74) is 8.78. The topological polar surface area (TPSA) is 29.3 Å². The smallest absolute Gasteiger partial charge is 0.0368 e. The molecule has 2 nitrogen and oxygen atoms in total. The first-order chi connectivity index (χ1) is 9.74. The Morgan fingerprint density at radius 1 is 1.10 bits per heavy atom. The molecule has 1 atom stereocenters. The van der Waals surface area contributed by atoms with Crippen LogP contribution in [0.3, 0.4) is 0 Å². The Bertz CT molecular complexity index is 379. The normalized spacial score (nSPS) is 17.9. The van der Waals surface area contributed by atoms with Crippen LogP contribution in [-0.4, -0.2) is 18.6 Å². The Balaban J connectivity index is 2.02. The van der Waals surface area contributed by atoms with Crippen LogP contribution in [0.4, 0.5) is 5.69 Å². The van der Waals surface area contributed by atoms with Gasteiger partial charge in [-0.3, -0.25) is 0 Å². The first kappa shape index (κ1) is 15.4. The number of benzene rings is 1. The van der Waals surface area contributed by atoms with Gasteiger partial charge in [0.1, 0.15) is 0 Å². The van der Waals surface area contributed by atoms with E-state index in [-0.39, 0.29) is 0 Å². The van der Waals surface area contributed by atoms with Crippen molar-refractivity contribution in [3.8, 4) is 0 Å². The summed E-state index contributed by atoms with van der Waals surface area (Å²) in [6.45, 7) is 5.54. The molecule has 0 aromatic heterocycles. The van der Waals surface area contributed by atoms with E-state index in [1.165, 1.54) is 43.4 Å². The Kier molecular flexibility index (Phi) is 5.90. The third-order valence-electron chi connectivity index (χ3n) is 4.65. The van der Waals surface area contributed by atoms with Crippen molar-refractivity contribution in [2.75, 3.05) is 11.4 Å². The minimum Gasteiger partial charge on any atom is -0.369 e. The van der Waals surface area contributed by atoms with Crippen LogP contribution in [0.25, 0.3) is 0 Å². The summed E-state index contributed by atoms with van der Waals surface area (Å²) < 4.78 is 0. The maximum absolute atomic E-state index is 6.04. The molecule has 2 heteroatoms. The quantitative estimate of drug-likeness (QED) is 0.845. The number of hydrogen-bond acceptors (Lipinski definition) is 2. The summed E-state index contributed by atoms with van der Waals surface area (Å²) in [5, 5.41) is 0. The monoisotopic (exact) mass is 274 g/mol. The summed E-state index contributed by atoms with van der Waals surface area (Å²) in [6, 6.07) is 10.1. The van der Waals surface area contributed by atoms with Gasteiger partial charge in [0.25, 0.3) is 0 Å². The lowest BCUT2D eigenvalue weighted by Gasteiger charge is -2.35. The van der Waals surface area contributed by atoms with Crippen molar-refractivity contribution >= 4 is 5.69 Å². The van der Waals surface area contributed by atoms with Gasteiger partial charge in [-0.1, -0.05) is 38.3 Å². The van der Waals surface area contributed by atoms with Crippen molar-refractivity contribution in [3.05, 3.63) is 29.8 Å². The van der Waals surface area contributed by atoms with Gasteiger partial charge in [-0.2, -0.15) is 0 Å². The zero-order chi connectivity index (χ0) is 14.4. The van der Waals surface area contributed by atoms with Crippen molar-refractivity contribution in [2.24, 2.45) is 5.73 Å². The third kappa shape index (κ3) is 3.99. The Hall–Kier alpha value is -1.02. The van der Waals surface area contributed by atoms with E-state index in [9.17, 15) is 0 Å². The molecule has 1 aromatic carbocycles. The molecule has 2 rings (SSSR count). The van der Waals surface area contributed by atoms with Gasteiger partial charge in [-0.05, 0) is 50.3 Å². The second-order valence-electron chi connectivity index (χ2n) is 6.12. The van der Waals surface area contributed by atoms with Crippen LogP contribution in [0.2, 0.25) is 0 Å². The van der Waals surface area contributed by atoms with Crippen molar-refractivity contribution in [2.45, 2.75) is 70.9 Å². The van der Waals surface area contributed by atoms with E-state index in [1.807, 2.05) is 0 Å². The van der Waals surface area contributed by atoms with E-state index in [4.69, 9.17) is 5.73 Å². The van der Waals surface area contributed by atoms with Gasteiger partial charge >= 0.3 is 0 Å². The Morgan fingerprint density at radius 2 is 1.75 bits per heavy atom. The minimum atomic E-state index is 0.293. The highest BCUT2D eigenvalue weighted by molar-refractivity contribution is 5.48. The van der Waals surface area contributed by atoms with E-state index in [0.717, 1.165) is 25.4 Å². The number of nitrogens with zero attached hydrogens (tertiary/aromatic N) is 1. The molecular formula is C18H30N2. The highest BCUT2D eigenvalue weighted by Crippen LogP contribution is 2.27. The molecule has 1 aliphatic carbocycles. The molecule has 0 spiro atoms. The maximum atomic E-state index is 6.04. The van der Waals surface area contributed by atoms with Gasteiger partial charge in [0.2, 0.25) is 0 Å². The Labute approximate surface area is 124 Å². The highest BCUT2D eigenvalue weighted by Gasteiger charge is 2.20. The van der Waals surface area contributed by atoms with Gasteiger partial charge in [0, 0.05) is 24.3 Å². The molecule has 0 heterocycles. The van der Waals surface area contributed by atoms with Crippen LogP contribution in [0.5, 0.6) is 0 Å². The highest BCUT2D eigenvalue weighted by atomic mass is 15.2. The fourth-order valence-electron chi connectivity index (χ4n) is 3.31. The molecule has 20 heavy (non-hydrogen) atoms. The van der Waals surface area contributed by atoms with Crippen molar-refractivity contribution < 1.29 is 0 Å². The molecule has 0 amide bonds. The summed E-state index contributed by atoms with van der Waals surface area (Å²) >= 11 is 0. The zero-order valence-electron chi connectivity index (χ0n) is 13.1. The molecule has 0 aliphatic heterocycles. The van der Waals surface area contributed by atoms with Crippen molar-refractivity contribution in [1.82, 2.24) is 0 Å². The van der Waals surface area contributed by atoms with Crippen LogP contribution >= 0.6 is 0 Å². The fourth-order valence-corrected chi connectivity index (χ4v) is 3.31. The molecule has 1 aliphatic rings. The average molecular weight is 274 g/mol. The number of anilines is 1. The predicted octanol–water partition coefficient (Wildman–Crippen LogP) is 4.13. The first-order valence-electron chi connectivity index (χ1n) is 8.35. The van der Waals surface area contributed by atoms with Gasteiger partial charge in [-0.25, -0.2) is 0 Å². The molecule has 0 bridgehead atoms. The lowest BCUT2D eigenvalue weighted by molar-refractivity contribution is 0.418. The summed E-state index contributed by atoms with van der Waals surface area (Å²) in [6.07, 6.45) is 8.96. The summed E-state index contributed by atoms with van der Waals surface area (Å²) in [4.78, 5) is 2.59. The maximum Gasteiger partial charge on any atom is 0.0368 e. The van der Waals surface area contributed by atoms with Gasteiger partial charge in [0.05, 0.1) is 0 Å². The van der Waals surface area contributed by atoms with E-state index in [0.29, 0.717) is 6.04 Å². The Morgan fingerprint density at radius 3 is 2.30 bits per heavy atom. The third-order valence-corrected chi connectivity index (χ3v) is 4.65. The van der Waals surface area contributed by atoms with Gasteiger partial charge in [0.15, 0.2) is 0 Å². The minimum absolute atomic E-state index is 0.293. The average Bonchev–Trinajstić information content (AvgIpc) is 2.50. The van der Waals surface area contributed by atoms with E-state index in [2.05, 4.69) is 43.0 Å². The van der Waals surface area contributed by atoms with Crippen molar-refractivity contribution in [1.29, 1.82) is 0 Å². The second-order valence-corrected chi connectivity index (χ2v) is 6.12. The summed E-state index contributed by atoms with van der Waals surface area (Å²) in [5.74, 6) is 0. The van der Waals surface area contributed by atoms with Crippen LogP contribution < -0.4 is 10.6 Å². The lowest BCUT2D eigenvalue weighted by atomic mass is 9.93. The van der Waals surface area contributed by atoms with Gasteiger partial charge < -0.3 is 10.6 Å². The summed E-state index contributed by atoms with van der Waals surface area (Å²) in [7, 11) is 0. The molecule has 0 saturated heterocycles. The lowest BCUT2D eigenvalue weighted by Crippen LogP contribution is -2.36. The van der Waals surface area contributed by atoms with Crippen molar-refractivity contribution in [3.63, 3.8) is 0 Å². The molecule has 1 unspecified atom stereocenters. The number of rotatable bonds is 6. The molecule has 1 saturated carbocycles. The standard InChI is InChI=1S/C18H30N2/c1-3-16(19)14-15-10-12-18(13-11-15)20(4-2)17-8-6-5-7-9-17/h10-13,16-17H,3-9,14,19H2,1-2H3. The fraction of sp³-hybridized carbons (Fsp3) is 0.667. The van der Waals surface area contributed by atoms with E-state index in [1.54, 1.807) is 0 Å². The molecule has 1 fully saturated rings. The molecular weight excluding hydrogens is 244 g/mol. The first-order valence-corrected chi connectivity index (χ1v) is 8.35. The predicted molar refractivity (Wildman–Crippen MR) is 88.3 cm³/mol. The number of nitrogens with two attached hydrogens (primary N) is 1. The van der Waals surface area contributed by atoms with E-state index >= 15 is 0 Å². The molecule has 2 N–H and O–H groups in total. The largest absolute Gasteiger partial charge is 0.369 e. The van der Waals surface area contributed by atoms with Crippen LogP contribution in [0, 0.1) is 0 Å². The zero-order valence-corrected chi connectivity index (χ0v) is 13.1. The van der Waals surface area contributed by atoms with E-state index < -0.39 is 0 Å². The van der Waals surface area contributed by atoms with Crippen LogP contribution in [-0.2, 0) is 6.42 Å². The molecule has 1 aromatic rings. The second kappa shape index (κ2) is 7.68. The van der Waals surface area contributed by atoms with Crippen LogP contribution in [0.15, 0.2) is 24.3 Å². The molecule has 112 valence electrons. The van der Waals surface area contributed by atoms with Crippen LogP contribution in [0.1, 0.15) is 57.9 Å².